The maximum atomic E-state index is 12.4. The molecule has 1 heterocycles. The van der Waals surface area contributed by atoms with E-state index in [1.165, 1.54) is 22.5 Å². The van der Waals surface area contributed by atoms with Crippen molar-refractivity contribution in [3.05, 3.63) is 55.7 Å². The summed E-state index contributed by atoms with van der Waals surface area (Å²) in [5.74, 6) is 0.405. The van der Waals surface area contributed by atoms with E-state index in [2.05, 4.69) is 24.3 Å². The van der Waals surface area contributed by atoms with Crippen LogP contribution in [0.25, 0.3) is 0 Å². The Balaban J connectivity index is 1.82. The van der Waals surface area contributed by atoms with E-state index >= 15 is 0 Å². The van der Waals surface area contributed by atoms with Gasteiger partial charge in [0.2, 0.25) is 0 Å². The third-order valence-corrected chi connectivity index (χ3v) is 5.37. The summed E-state index contributed by atoms with van der Waals surface area (Å²) in [4.78, 5) is 12.4. The SMILES string of the molecule is O=C(CC1CCCc2ccccc21)c1cc(Cl)sc1Cl. The number of carbonyl (C=O) groups is 1. The van der Waals surface area contributed by atoms with Crippen molar-refractivity contribution in [2.24, 2.45) is 0 Å². The Hall–Kier alpha value is -0.830. The average molecular weight is 325 g/mol. The highest BCUT2D eigenvalue weighted by Crippen LogP contribution is 2.37. The van der Waals surface area contributed by atoms with Crippen LogP contribution in [0, 0.1) is 0 Å². The van der Waals surface area contributed by atoms with Crippen LogP contribution >= 0.6 is 34.5 Å². The lowest BCUT2D eigenvalue weighted by Gasteiger charge is -2.24. The smallest absolute Gasteiger partial charge is 0.165 e. The van der Waals surface area contributed by atoms with Gasteiger partial charge in [0.15, 0.2) is 5.78 Å². The Morgan fingerprint density at radius 2 is 2.10 bits per heavy atom. The number of hydrogen-bond donors (Lipinski definition) is 0. The summed E-state index contributed by atoms with van der Waals surface area (Å²) in [5.41, 5.74) is 3.28. The van der Waals surface area contributed by atoms with E-state index in [0.717, 1.165) is 19.3 Å². The third-order valence-electron chi connectivity index (χ3n) is 3.88. The van der Waals surface area contributed by atoms with Crippen molar-refractivity contribution in [2.45, 2.75) is 31.6 Å². The first kappa shape index (κ1) is 14.1. The van der Waals surface area contributed by atoms with Gasteiger partial charge in [-0.05, 0) is 42.4 Å². The molecule has 0 amide bonds. The molecule has 2 aromatic rings. The fourth-order valence-electron chi connectivity index (χ4n) is 2.93. The standard InChI is InChI=1S/C16H14Cl2OS/c17-15-9-13(16(18)20-15)14(19)8-11-6-3-5-10-4-1-2-7-12(10)11/h1-2,4,7,9,11H,3,5-6,8H2. The van der Waals surface area contributed by atoms with Gasteiger partial charge < -0.3 is 0 Å². The largest absolute Gasteiger partial charge is 0.294 e. The molecule has 0 aliphatic heterocycles. The first-order valence-corrected chi connectivity index (χ1v) is 8.28. The molecule has 1 nitrogen and oxygen atoms in total. The van der Waals surface area contributed by atoms with Crippen LogP contribution in [0.5, 0.6) is 0 Å². The molecule has 1 atom stereocenters. The fourth-order valence-corrected chi connectivity index (χ4v) is 4.43. The number of rotatable bonds is 3. The molecule has 20 heavy (non-hydrogen) atoms. The van der Waals surface area contributed by atoms with Crippen molar-refractivity contribution in [3.63, 3.8) is 0 Å². The van der Waals surface area contributed by atoms with Gasteiger partial charge in [-0.2, -0.15) is 0 Å². The molecule has 0 N–H and O–H groups in total. The van der Waals surface area contributed by atoms with Crippen LogP contribution in [-0.2, 0) is 6.42 Å². The van der Waals surface area contributed by atoms with E-state index < -0.39 is 0 Å². The number of ketones is 1. The number of fused-ring (bicyclic) bond motifs is 1. The molecule has 0 saturated carbocycles. The van der Waals surface area contributed by atoms with E-state index in [9.17, 15) is 4.79 Å². The summed E-state index contributed by atoms with van der Waals surface area (Å²) < 4.78 is 1.08. The zero-order valence-electron chi connectivity index (χ0n) is 10.9. The quantitative estimate of drug-likeness (QED) is 0.657. The summed E-state index contributed by atoms with van der Waals surface area (Å²) in [6.07, 6.45) is 3.85. The van der Waals surface area contributed by atoms with Gasteiger partial charge in [-0.15, -0.1) is 11.3 Å². The minimum Gasteiger partial charge on any atom is -0.294 e. The molecule has 0 spiro atoms. The van der Waals surface area contributed by atoms with Crippen molar-refractivity contribution >= 4 is 40.3 Å². The molecule has 1 aromatic heterocycles. The summed E-state index contributed by atoms with van der Waals surface area (Å²) in [5, 5.41) is 0. The van der Waals surface area contributed by atoms with E-state index in [4.69, 9.17) is 23.2 Å². The Bertz CT molecular complexity index is 648. The zero-order chi connectivity index (χ0) is 14.1. The van der Waals surface area contributed by atoms with Crippen LogP contribution in [0.2, 0.25) is 8.67 Å². The Kier molecular flexibility index (Phi) is 4.16. The lowest BCUT2D eigenvalue weighted by molar-refractivity contribution is 0.0971. The fraction of sp³-hybridized carbons (Fsp3) is 0.312. The Morgan fingerprint density at radius 1 is 1.30 bits per heavy atom. The molecule has 1 aliphatic carbocycles. The minimum absolute atomic E-state index is 0.0971. The first-order chi connectivity index (χ1) is 9.65. The normalized spacial score (nSPS) is 17.8. The number of Topliss-reactive ketones (excluding diaryl/α,β-unsaturated/α-hetero) is 1. The molecule has 1 aromatic carbocycles. The highest BCUT2D eigenvalue weighted by atomic mass is 35.5. The molecule has 4 heteroatoms. The lowest BCUT2D eigenvalue weighted by atomic mass is 9.80. The topological polar surface area (TPSA) is 17.1 Å². The Labute approximate surface area is 132 Å². The molecule has 104 valence electrons. The molecule has 1 aliphatic rings. The zero-order valence-corrected chi connectivity index (χ0v) is 13.2. The van der Waals surface area contributed by atoms with Crippen LogP contribution in [0.4, 0.5) is 0 Å². The maximum absolute atomic E-state index is 12.4. The van der Waals surface area contributed by atoms with Crippen molar-refractivity contribution in [2.75, 3.05) is 0 Å². The number of thiophene rings is 1. The first-order valence-electron chi connectivity index (χ1n) is 6.71. The second kappa shape index (κ2) is 5.88. The summed E-state index contributed by atoms with van der Waals surface area (Å²) >= 11 is 13.2. The van der Waals surface area contributed by atoms with Crippen molar-refractivity contribution in [1.29, 1.82) is 0 Å². The number of carbonyl (C=O) groups excluding carboxylic acids is 1. The molecular formula is C16H14Cl2OS. The number of halogens is 2. The summed E-state index contributed by atoms with van der Waals surface area (Å²) in [7, 11) is 0. The Morgan fingerprint density at radius 3 is 2.85 bits per heavy atom. The van der Waals surface area contributed by atoms with E-state index in [-0.39, 0.29) is 5.78 Å². The van der Waals surface area contributed by atoms with Gasteiger partial charge in [-0.25, -0.2) is 0 Å². The van der Waals surface area contributed by atoms with E-state index in [1.807, 2.05) is 0 Å². The highest BCUT2D eigenvalue weighted by molar-refractivity contribution is 7.20. The van der Waals surface area contributed by atoms with Crippen LogP contribution in [0.15, 0.2) is 30.3 Å². The average Bonchev–Trinajstić information content (AvgIpc) is 2.78. The minimum atomic E-state index is 0.0971. The van der Waals surface area contributed by atoms with Gasteiger partial charge in [0.25, 0.3) is 0 Å². The lowest BCUT2D eigenvalue weighted by Crippen LogP contribution is -2.13. The van der Waals surface area contributed by atoms with Crippen molar-refractivity contribution in [1.82, 2.24) is 0 Å². The monoisotopic (exact) mass is 324 g/mol. The van der Waals surface area contributed by atoms with Crippen molar-refractivity contribution < 1.29 is 4.79 Å². The van der Waals surface area contributed by atoms with Gasteiger partial charge in [0, 0.05) is 12.0 Å². The van der Waals surface area contributed by atoms with Gasteiger partial charge in [-0.3, -0.25) is 4.79 Å². The van der Waals surface area contributed by atoms with Crippen molar-refractivity contribution in [3.8, 4) is 0 Å². The van der Waals surface area contributed by atoms with E-state index in [0.29, 0.717) is 26.6 Å². The summed E-state index contributed by atoms with van der Waals surface area (Å²) in [6, 6.07) is 10.1. The van der Waals surface area contributed by atoms with Crippen LogP contribution in [0.3, 0.4) is 0 Å². The van der Waals surface area contributed by atoms with Gasteiger partial charge in [0.1, 0.15) is 4.34 Å². The maximum Gasteiger partial charge on any atom is 0.165 e. The van der Waals surface area contributed by atoms with Crippen LogP contribution in [0.1, 0.15) is 46.7 Å². The number of hydrogen-bond acceptors (Lipinski definition) is 2. The second-order valence-corrected chi connectivity index (χ2v) is 7.44. The van der Waals surface area contributed by atoms with Crippen LogP contribution in [-0.4, -0.2) is 5.78 Å². The second-order valence-electron chi connectivity index (χ2n) is 5.15. The van der Waals surface area contributed by atoms with Crippen LogP contribution < -0.4 is 0 Å². The molecule has 0 saturated heterocycles. The number of aryl methyl sites for hydroxylation is 1. The third kappa shape index (κ3) is 2.78. The molecule has 0 bridgehead atoms. The molecular weight excluding hydrogens is 311 g/mol. The number of benzene rings is 1. The molecule has 0 fully saturated rings. The molecule has 1 unspecified atom stereocenters. The molecule has 0 radical (unpaired) electrons. The van der Waals surface area contributed by atoms with Gasteiger partial charge in [0.05, 0.1) is 4.34 Å². The van der Waals surface area contributed by atoms with E-state index in [1.54, 1.807) is 6.07 Å². The summed E-state index contributed by atoms with van der Waals surface area (Å²) in [6.45, 7) is 0. The predicted octanol–water partition coefficient (Wildman–Crippen LogP) is 5.75. The van der Waals surface area contributed by atoms with Gasteiger partial charge >= 0.3 is 0 Å². The van der Waals surface area contributed by atoms with Gasteiger partial charge in [-0.1, -0.05) is 47.5 Å². The molecule has 3 rings (SSSR count). The predicted molar refractivity (Wildman–Crippen MR) is 85.4 cm³/mol. The highest BCUT2D eigenvalue weighted by Gasteiger charge is 2.24.